The summed E-state index contributed by atoms with van der Waals surface area (Å²) in [6.07, 6.45) is -5.53. The average molecular weight is 552 g/mol. The van der Waals surface area contributed by atoms with E-state index < -0.39 is 41.4 Å². The topological polar surface area (TPSA) is 106 Å². The summed E-state index contributed by atoms with van der Waals surface area (Å²) in [5, 5.41) is 9.23. The fraction of sp³-hybridized carbons (Fsp3) is 0.360. The molecule has 0 aliphatic carbocycles. The lowest BCUT2D eigenvalue weighted by Crippen LogP contribution is -2.47. The van der Waals surface area contributed by atoms with Crippen molar-refractivity contribution < 1.29 is 32.3 Å². The third-order valence-electron chi connectivity index (χ3n) is 5.08. The Kier molecular flexibility index (Phi) is 8.50. The number of benzene rings is 1. The average Bonchev–Trinajstić information content (AvgIpc) is 3.48. The number of amides is 3. The van der Waals surface area contributed by atoms with Crippen LogP contribution in [0.4, 0.5) is 23.0 Å². The molecule has 3 amide bonds. The highest BCUT2D eigenvalue weighted by Gasteiger charge is 2.36. The molecule has 2 N–H and O–H groups in total. The zero-order valence-electron chi connectivity index (χ0n) is 21.4. The smallest absolute Gasteiger partial charge is 0.435 e. The van der Waals surface area contributed by atoms with Gasteiger partial charge >= 0.3 is 12.3 Å². The van der Waals surface area contributed by atoms with Gasteiger partial charge in [0.25, 0.3) is 5.91 Å². The first kappa shape index (κ1) is 28.7. The molecular formula is C25H28F3N5O4S. The quantitative estimate of drug-likeness (QED) is 0.441. The number of anilines is 1. The van der Waals surface area contributed by atoms with Crippen LogP contribution in [0.15, 0.2) is 48.5 Å². The number of alkyl halides is 3. The number of alkyl carbamates (subject to hydrolysis) is 1. The van der Waals surface area contributed by atoms with Crippen molar-refractivity contribution in [3.63, 3.8) is 0 Å². The van der Waals surface area contributed by atoms with E-state index in [-0.39, 0.29) is 17.2 Å². The van der Waals surface area contributed by atoms with Gasteiger partial charge in [-0.2, -0.15) is 18.3 Å². The number of halogens is 3. The molecule has 204 valence electrons. The number of nitrogens with one attached hydrogen (secondary N) is 2. The van der Waals surface area contributed by atoms with Crippen LogP contribution < -0.4 is 15.5 Å². The molecule has 0 aliphatic heterocycles. The maximum atomic E-state index is 13.4. The highest BCUT2D eigenvalue weighted by atomic mass is 32.1. The molecule has 0 fully saturated rings. The van der Waals surface area contributed by atoms with E-state index >= 15 is 0 Å². The highest BCUT2D eigenvalue weighted by molar-refractivity contribution is 7.18. The maximum absolute atomic E-state index is 13.4. The minimum absolute atomic E-state index is 0.113. The Balaban J connectivity index is 1.81. The van der Waals surface area contributed by atoms with Crippen molar-refractivity contribution in [3.05, 3.63) is 65.5 Å². The van der Waals surface area contributed by atoms with Crippen LogP contribution in [-0.4, -0.2) is 46.4 Å². The lowest BCUT2D eigenvalue weighted by atomic mass is 10.2. The number of hydrogen-bond acceptors (Lipinski definition) is 6. The van der Waals surface area contributed by atoms with Gasteiger partial charge in [-0.1, -0.05) is 41.7 Å². The number of likely N-dealkylation sites (N-methyl/N-ethyl adjacent to an activating group) is 1. The first-order valence-electron chi connectivity index (χ1n) is 11.5. The van der Waals surface area contributed by atoms with E-state index in [4.69, 9.17) is 4.74 Å². The molecule has 2 aromatic heterocycles. The second kappa shape index (κ2) is 11.3. The summed E-state index contributed by atoms with van der Waals surface area (Å²) in [4.78, 5) is 38.9. The molecule has 0 bridgehead atoms. The Morgan fingerprint density at radius 2 is 1.76 bits per heavy atom. The second-order valence-corrected chi connectivity index (χ2v) is 10.4. The molecular weight excluding hydrogens is 523 g/mol. The van der Waals surface area contributed by atoms with E-state index in [0.717, 1.165) is 21.6 Å². The van der Waals surface area contributed by atoms with Gasteiger partial charge in [0.2, 0.25) is 5.91 Å². The van der Waals surface area contributed by atoms with Crippen LogP contribution in [0.5, 0.6) is 0 Å². The third kappa shape index (κ3) is 7.34. The molecule has 3 rings (SSSR count). The van der Waals surface area contributed by atoms with Gasteiger partial charge in [0.15, 0.2) is 5.69 Å². The maximum Gasteiger partial charge on any atom is 0.435 e. The van der Waals surface area contributed by atoms with E-state index in [1.807, 2.05) is 0 Å². The molecule has 38 heavy (non-hydrogen) atoms. The van der Waals surface area contributed by atoms with Crippen molar-refractivity contribution in [1.82, 2.24) is 20.4 Å². The van der Waals surface area contributed by atoms with Crippen LogP contribution >= 0.6 is 11.3 Å². The van der Waals surface area contributed by atoms with Crippen molar-refractivity contribution in [1.29, 1.82) is 0 Å². The zero-order chi connectivity index (χ0) is 28.3. The van der Waals surface area contributed by atoms with Gasteiger partial charge in [-0.3, -0.25) is 9.59 Å². The summed E-state index contributed by atoms with van der Waals surface area (Å²) in [6, 6.07) is 11.6. The van der Waals surface area contributed by atoms with Crippen molar-refractivity contribution in [3.8, 4) is 5.00 Å². The standard InChI is InChI=1S/C25H28F3N5O4S/c1-15(30-23(36)37-24(2,3)4)22(35)32(5)19-11-12-20(38-19)33-17(13-18(31-33)25(26,27)28)21(34)29-14-16-9-7-6-8-10-16/h6-13,15H,14H2,1-5H3,(H,29,34)(H,30,36)/t15-/m0/s1. The van der Waals surface area contributed by atoms with Crippen molar-refractivity contribution in [2.45, 2.75) is 52.1 Å². The molecule has 9 nitrogen and oxygen atoms in total. The summed E-state index contributed by atoms with van der Waals surface area (Å²) in [6.45, 7) is 6.66. The Hall–Kier alpha value is -3.87. The summed E-state index contributed by atoms with van der Waals surface area (Å²) in [7, 11) is 1.46. The van der Waals surface area contributed by atoms with Gasteiger partial charge in [-0.25, -0.2) is 9.48 Å². The minimum Gasteiger partial charge on any atom is -0.444 e. The molecule has 0 radical (unpaired) electrons. The molecule has 2 heterocycles. The minimum atomic E-state index is -4.77. The molecule has 0 unspecified atom stereocenters. The van der Waals surface area contributed by atoms with Gasteiger partial charge in [0.1, 0.15) is 22.3 Å². The number of ether oxygens (including phenoxy) is 1. The SMILES string of the molecule is C[C@H](NC(=O)OC(C)(C)C)C(=O)N(C)c1ccc(-n2nc(C(F)(F)F)cc2C(=O)NCc2ccccc2)s1. The lowest BCUT2D eigenvalue weighted by Gasteiger charge is -2.24. The van der Waals surface area contributed by atoms with Gasteiger partial charge in [0.05, 0.1) is 5.00 Å². The van der Waals surface area contributed by atoms with Gasteiger partial charge < -0.3 is 20.3 Å². The Bertz CT molecular complexity index is 1300. The fourth-order valence-corrected chi connectivity index (χ4v) is 4.21. The van der Waals surface area contributed by atoms with E-state index in [1.54, 1.807) is 51.1 Å². The van der Waals surface area contributed by atoms with Crippen LogP contribution in [0.3, 0.4) is 0 Å². The number of nitrogens with zero attached hydrogens (tertiary/aromatic N) is 3. The monoisotopic (exact) mass is 551 g/mol. The van der Waals surface area contributed by atoms with Crippen molar-refractivity contribution in [2.24, 2.45) is 0 Å². The first-order valence-corrected chi connectivity index (χ1v) is 12.3. The van der Waals surface area contributed by atoms with E-state index in [1.165, 1.54) is 31.0 Å². The Labute approximate surface area is 221 Å². The van der Waals surface area contributed by atoms with E-state index in [2.05, 4.69) is 15.7 Å². The molecule has 0 saturated heterocycles. The fourth-order valence-electron chi connectivity index (χ4n) is 3.28. The predicted molar refractivity (Wildman–Crippen MR) is 136 cm³/mol. The molecule has 0 spiro atoms. The van der Waals surface area contributed by atoms with Gasteiger partial charge in [0, 0.05) is 19.7 Å². The number of hydrogen-bond donors (Lipinski definition) is 2. The molecule has 1 atom stereocenters. The number of thiophene rings is 1. The largest absolute Gasteiger partial charge is 0.444 e. The molecule has 1 aromatic carbocycles. The number of rotatable bonds is 7. The third-order valence-corrected chi connectivity index (χ3v) is 6.22. The van der Waals surface area contributed by atoms with Crippen LogP contribution in [0, 0.1) is 0 Å². The molecule has 0 saturated carbocycles. The van der Waals surface area contributed by atoms with Crippen LogP contribution in [0.25, 0.3) is 5.00 Å². The number of carbonyl (C=O) groups excluding carboxylic acids is 3. The predicted octanol–water partition coefficient (Wildman–Crippen LogP) is 4.76. The van der Waals surface area contributed by atoms with Gasteiger partial charge in [-0.15, -0.1) is 0 Å². The molecule has 0 aliphatic rings. The second-order valence-electron chi connectivity index (χ2n) is 9.37. The van der Waals surface area contributed by atoms with E-state index in [0.29, 0.717) is 11.1 Å². The van der Waals surface area contributed by atoms with Crippen LogP contribution in [0.1, 0.15) is 49.4 Å². The van der Waals surface area contributed by atoms with E-state index in [9.17, 15) is 27.6 Å². The summed E-state index contributed by atoms with van der Waals surface area (Å²) in [5.41, 5.74) is -1.51. The zero-order valence-corrected chi connectivity index (χ0v) is 22.2. The summed E-state index contributed by atoms with van der Waals surface area (Å²) >= 11 is 0.953. The highest BCUT2D eigenvalue weighted by Crippen LogP contribution is 2.33. The Morgan fingerprint density at radius 1 is 1.11 bits per heavy atom. The van der Waals surface area contributed by atoms with Crippen molar-refractivity contribution in [2.75, 3.05) is 11.9 Å². The summed E-state index contributed by atoms with van der Waals surface area (Å²) in [5.74, 6) is -1.23. The number of aromatic nitrogens is 2. The lowest BCUT2D eigenvalue weighted by molar-refractivity contribution is -0.141. The van der Waals surface area contributed by atoms with Crippen LogP contribution in [-0.2, 0) is 22.3 Å². The molecule has 3 aromatic rings. The summed E-state index contributed by atoms with van der Waals surface area (Å²) < 4.78 is 46.4. The van der Waals surface area contributed by atoms with Crippen molar-refractivity contribution >= 4 is 34.2 Å². The Morgan fingerprint density at radius 3 is 2.37 bits per heavy atom. The normalized spacial score (nSPS) is 12.5. The van der Waals surface area contributed by atoms with Gasteiger partial charge in [-0.05, 0) is 45.4 Å². The first-order chi connectivity index (χ1) is 17.7. The number of carbonyl (C=O) groups is 3. The molecule has 13 heteroatoms. The van der Waals surface area contributed by atoms with Crippen LogP contribution in [0.2, 0.25) is 0 Å².